The third-order valence-electron chi connectivity index (χ3n) is 5.94. The van der Waals surface area contributed by atoms with E-state index in [9.17, 15) is 23.8 Å². The van der Waals surface area contributed by atoms with E-state index in [1.54, 1.807) is 7.05 Å². The van der Waals surface area contributed by atoms with Crippen molar-refractivity contribution in [2.45, 2.75) is 122 Å². The maximum atomic E-state index is 12.1. The molecule has 224 valence electrons. The molecular formula is C27H51NO9P-. The standard InChI is InChI=1S/C27H52NO9P/c1-3-4-5-6-7-8-9-10-11-12-13-14-15-18-26(30)34-23-25(37-27(31)19-16-17-21-29)24-36-38(32,33)35-22-20-28-2/h21,25,28H,3-20,22-24H2,1-2H3,(H,32,33)/p-1/t25-/m1/s1. The minimum Gasteiger partial charge on any atom is -0.756 e. The summed E-state index contributed by atoms with van der Waals surface area (Å²) in [6, 6.07) is 0. The molecule has 2 atom stereocenters. The molecule has 0 spiro atoms. The Morgan fingerprint density at radius 2 is 1.37 bits per heavy atom. The Bertz CT molecular complexity index is 648. The third-order valence-corrected chi connectivity index (χ3v) is 6.90. The third kappa shape index (κ3) is 25.0. The van der Waals surface area contributed by atoms with Crippen LogP contribution in [0.25, 0.3) is 0 Å². The van der Waals surface area contributed by atoms with Gasteiger partial charge in [0, 0.05) is 25.8 Å². The summed E-state index contributed by atoms with van der Waals surface area (Å²) in [5.41, 5.74) is 0. The van der Waals surface area contributed by atoms with Crippen molar-refractivity contribution in [3.8, 4) is 0 Å². The van der Waals surface area contributed by atoms with Gasteiger partial charge in [-0.05, 0) is 19.9 Å². The zero-order valence-electron chi connectivity index (χ0n) is 23.6. The predicted octanol–water partition coefficient (Wildman–Crippen LogP) is 5.01. The van der Waals surface area contributed by atoms with E-state index in [0.29, 0.717) is 25.7 Å². The van der Waals surface area contributed by atoms with E-state index >= 15 is 0 Å². The first-order valence-corrected chi connectivity index (χ1v) is 15.8. The van der Waals surface area contributed by atoms with E-state index in [2.05, 4.69) is 16.8 Å². The highest BCUT2D eigenvalue weighted by molar-refractivity contribution is 7.45. The molecule has 0 aromatic heterocycles. The zero-order valence-corrected chi connectivity index (χ0v) is 24.5. The van der Waals surface area contributed by atoms with Crippen molar-refractivity contribution >= 4 is 26.0 Å². The molecule has 0 heterocycles. The van der Waals surface area contributed by atoms with Crippen LogP contribution >= 0.6 is 7.82 Å². The zero-order chi connectivity index (χ0) is 28.3. The molecule has 0 aromatic carbocycles. The molecule has 0 saturated carbocycles. The lowest BCUT2D eigenvalue weighted by Gasteiger charge is -2.25. The largest absolute Gasteiger partial charge is 0.756 e. The van der Waals surface area contributed by atoms with Crippen LogP contribution in [0.15, 0.2) is 0 Å². The minimum absolute atomic E-state index is 0.0180. The molecule has 1 unspecified atom stereocenters. The quantitative estimate of drug-likeness (QED) is 0.0596. The maximum Gasteiger partial charge on any atom is 0.306 e. The smallest absolute Gasteiger partial charge is 0.306 e. The van der Waals surface area contributed by atoms with Gasteiger partial charge in [0.2, 0.25) is 0 Å². The summed E-state index contributed by atoms with van der Waals surface area (Å²) < 4.78 is 31.8. The van der Waals surface area contributed by atoms with E-state index in [1.807, 2.05) is 0 Å². The second-order valence-electron chi connectivity index (χ2n) is 9.53. The number of esters is 2. The highest BCUT2D eigenvalue weighted by Crippen LogP contribution is 2.38. The van der Waals surface area contributed by atoms with E-state index in [1.165, 1.54) is 57.8 Å². The van der Waals surface area contributed by atoms with Gasteiger partial charge in [-0.25, -0.2) is 0 Å². The topological polar surface area (TPSA) is 140 Å². The number of phosphoric acid groups is 1. The Labute approximate surface area is 229 Å². The summed E-state index contributed by atoms with van der Waals surface area (Å²) in [4.78, 5) is 46.4. The molecular weight excluding hydrogens is 513 g/mol. The fraction of sp³-hybridized carbons (Fsp3) is 0.889. The summed E-state index contributed by atoms with van der Waals surface area (Å²) in [6.45, 7) is 1.57. The summed E-state index contributed by atoms with van der Waals surface area (Å²) >= 11 is 0. The highest BCUT2D eigenvalue weighted by Gasteiger charge is 2.21. The van der Waals surface area contributed by atoms with Gasteiger partial charge < -0.3 is 33.5 Å². The molecule has 10 nitrogen and oxygen atoms in total. The van der Waals surface area contributed by atoms with E-state index in [4.69, 9.17) is 14.0 Å². The van der Waals surface area contributed by atoms with Crippen molar-refractivity contribution in [1.29, 1.82) is 0 Å². The van der Waals surface area contributed by atoms with Crippen LogP contribution in [0, 0.1) is 0 Å². The van der Waals surface area contributed by atoms with Crippen LogP contribution in [0.1, 0.15) is 116 Å². The number of likely N-dealkylation sites (N-methyl/N-ethyl adjacent to an activating group) is 1. The molecule has 11 heteroatoms. The summed E-state index contributed by atoms with van der Waals surface area (Å²) in [5.74, 6) is -1.07. The Kier molecular flexibility index (Phi) is 25.0. The number of phosphoric ester groups is 1. The van der Waals surface area contributed by atoms with E-state index in [-0.39, 0.29) is 32.5 Å². The fourth-order valence-electron chi connectivity index (χ4n) is 3.71. The van der Waals surface area contributed by atoms with Gasteiger partial charge in [-0.3, -0.25) is 14.2 Å². The number of aldehydes is 1. The predicted molar refractivity (Wildman–Crippen MR) is 145 cm³/mol. The molecule has 0 fully saturated rings. The Morgan fingerprint density at radius 3 is 1.92 bits per heavy atom. The molecule has 0 aliphatic carbocycles. The van der Waals surface area contributed by atoms with E-state index < -0.39 is 32.5 Å². The average Bonchev–Trinajstić information content (AvgIpc) is 2.88. The van der Waals surface area contributed by atoms with Crippen LogP contribution in [0.2, 0.25) is 0 Å². The lowest BCUT2D eigenvalue weighted by atomic mass is 10.0. The van der Waals surface area contributed by atoms with Gasteiger partial charge in [-0.1, -0.05) is 84.0 Å². The van der Waals surface area contributed by atoms with Crippen molar-refractivity contribution in [2.24, 2.45) is 0 Å². The van der Waals surface area contributed by atoms with Gasteiger partial charge >= 0.3 is 11.9 Å². The van der Waals surface area contributed by atoms with Gasteiger partial charge in [0.05, 0.1) is 13.2 Å². The molecule has 0 rings (SSSR count). The van der Waals surface area contributed by atoms with Crippen LogP contribution < -0.4 is 10.2 Å². The molecule has 1 N–H and O–H groups in total. The molecule has 0 aromatic rings. The Balaban J connectivity index is 4.16. The fourth-order valence-corrected chi connectivity index (χ4v) is 4.45. The summed E-state index contributed by atoms with van der Waals surface area (Å²) in [5, 5.41) is 2.74. The van der Waals surface area contributed by atoms with Gasteiger partial charge in [0.15, 0.2) is 6.10 Å². The molecule has 0 aliphatic rings. The van der Waals surface area contributed by atoms with Crippen molar-refractivity contribution in [3.63, 3.8) is 0 Å². The number of hydrogen-bond donors (Lipinski definition) is 1. The average molecular weight is 565 g/mol. The number of nitrogens with one attached hydrogen (secondary N) is 1. The molecule has 0 bridgehead atoms. The number of unbranched alkanes of at least 4 members (excludes halogenated alkanes) is 13. The lowest BCUT2D eigenvalue weighted by Crippen LogP contribution is -2.30. The van der Waals surface area contributed by atoms with Gasteiger partial charge in [0.1, 0.15) is 12.9 Å². The van der Waals surface area contributed by atoms with Crippen molar-refractivity contribution in [3.05, 3.63) is 0 Å². The van der Waals surface area contributed by atoms with Crippen LogP contribution in [0.3, 0.4) is 0 Å². The monoisotopic (exact) mass is 564 g/mol. The van der Waals surface area contributed by atoms with Crippen molar-refractivity contribution in [1.82, 2.24) is 5.32 Å². The van der Waals surface area contributed by atoms with Crippen molar-refractivity contribution in [2.75, 3.05) is 33.4 Å². The molecule has 0 radical (unpaired) electrons. The molecule has 0 saturated heterocycles. The van der Waals surface area contributed by atoms with Crippen LogP contribution in [-0.4, -0.2) is 57.7 Å². The summed E-state index contributed by atoms with van der Waals surface area (Å²) in [6.07, 6.45) is 16.0. The second kappa shape index (κ2) is 25.9. The number of carbonyl (C=O) groups is 3. The van der Waals surface area contributed by atoms with Crippen LogP contribution in [-0.2, 0) is 37.5 Å². The highest BCUT2D eigenvalue weighted by atomic mass is 31.2. The van der Waals surface area contributed by atoms with Gasteiger partial charge in [0.25, 0.3) is 7.82 Å². The first-order valence-electron chi connectivity index (χ1n) is 14.4. The maximum absolute atomic E-state index is 12.1. The number of rotatable bonds is 28. The van der Waals surface area contributed by atoms with Crippen LogP contribution in [0.5, 0.6) is 0 Å². The SMILES string of the molecule is CCCCCCCCCCCCCCCC(=O)OC[C@H](COP(=O)([O-])OCCNC)OC(=O)CCCC=O. The van der Waals surface area contributed by atoms with E-state index in [0.717, 1.165) is 19.3 Å². The first kappa shape index (κ1) is 36.7. The minimum atomic E-state index is -4.61. The van der Waals surface area contributed by atoms with Crippen molar-refractivity contribution < 1.29 is 42.4 Å². The number of carbonyl (C=O) groups excluding carboxylic acids is 3. The molecule has 0 amide bonds. The number of hydrogen-bond acceptors (Lipinski definition) is 10. The van der Waals surface area contributed by atoms with Gasteiger partial charge in [-0.15, -0.1) is 0 Å². The normalized spacial score (nSPS) is 13.6. The van der Waals surface area contributed by atoms with Crippen LogP contribution in [0.4, 0.5) is 0 Å². The molecule has 0 aliphatic heterocycles. The summed E-state index contributed by atoms with van der Waals surface area (Å²) in [7, 11) is -2.96. The first-order chi connectivity index (χ1) is 18.3. The molecule has 38 heavy (non-hydrogen) atoms. The Hall–Kier alpha value is -1.32. The second-order valence-corrected chi connectivity index (χ2v) is 10.9. The van der Waals surface area contributed by atoms with Gasteiger partial charge in [-0.2, -0.15) is 0 Å². The number of ether oxygens (including phenoxy) is 2. The lowest BCUT2D eigenvalue weighted by molar-refractivity contribution is -0.228. The Morgan fingerprint density at radius 1 is 0.816 bits per heavy atom.